The second-order valence-corrected chi connectivity index (χ2v) is 8.57. The number of para-hydroxylation sites is 4. The second-order valence-electron chi connectivity index (χ2n) is 8.57. The van der Waals surface area contributed by atoms with Gasteiger partial charge in [0, 0.05) is 39.3 Å². The van der Waals surface area contributed by atoms with Crippen LogP contribution in [0.3, 0.4) is 0 Å². The highest BCUT2D eigenvalue weighted by molar-refractivity contribution is 14.0. The largest absolute Gasteiger partial charge is 0.495 e. The standard InChI is InChI=1S/C26H36N6O.HI/c1-4-27-26(28-15-9-16-32-20(2)30-22-10-5-6-11-23(22)32)29-18-21-14-17-31(19-21)24-12-7-8-13-25(24)33-3;/h5-8,10-13,21H,4,9,14-19H2,1-3H3,(H2,27,28,29);1H. The van der Waals surface area contributed by atoms with Crippen molar-refractivity contribution in [3.05, 3.63) is 54.4 Å². The highest BCUT2D eigenvalue weighted by atomic mass is 127. The average Bonchev–Trinajstić information content (AvgIpc) is 3.44. The topological polar surface area (TPSA) is 66.7 Å². The molecule has 0 bridgehead atoms. The minimum absolute atomic E-state index is 0. The molecule has 34 heavy (non-hydrogen) atoms. The molecule has 7 nitrogen and oxygen atoms in total. The van der Waals surface area contributed by atoms with E-state index >= 15 is 0 Å². The number of benzene rings is 2. The van der Waals surface area contributed by atoms with Crippen LogP contribution in [0.4, 0.5) is 5.69 Å². The summed E-state index contributed by atoms with van der Waals surface area (Å²) in [6.07, 6.45) is 2.16. The SMILES string of the molecule is CCNC(=NCC1CCN(c2ccccc2OC)C1)NCCCn1c(C)nc2ccccc21.I. The summed E-state index contributed by atoms with van der Waals surface area (Å²) in [5.41, 5.74) is 3.45. The monoisotopic (exact) mass is 576 g/mol. The molecule has 1 aliphatic heterocycles. The Hall–Kier alpha value is -2.49. The Bertz CT molecular complexity index is 1080. The first-order valence-electron chi connectivity index (χ1n) is 12.0. The first-order chi connectivity index (χ1) is 16.2. The molecule has 8 heteroatoms. The number of anilines is 1. The molecule has 1 saturated heterocycles. The van der Waals surface area contributed by atoms with E-state index in [1.807, 2.05) is 18.2 Å². The molecule has 0 saturated carbocycles. The smallest absolute Gasteiger partial charge is 0.191 e. The number of nitrogens with one attached hydrogen (secondary N) is 2. The van der Waals surface area contributed by atoms with Crippen LogP contribution in [0.5, 0.6) is 5.75 Å². The van der Waals surface area contributed by atoms with E-state index in [-0.39, 0.29) is 24.0 Å². The molecule has 2 N–H and O–H groups in total. The van der Waals surface area contributed by atoms with E-state index in [4.69, 9.17) is 9.73 Å². The third-order valence-corrected chi connectivity index (χ3v) is 6.26. The van der Waals surface area contributed by atoms with Gasteiger partial charge in [0.05, 0.1) is 23.8 Å². The van der Waals surface area contributed by atoms with Gasteiger partial charge >= 0.3 is 0 Å². The van der Waals surface area contributed by atoms with Gasteiger partial charge in [0.15, 0.2) is 5.96 Å². The fraction of sp³-hybridized carbons (Fsp3) is 0.462. The number of hydrogen-bond acceptors (Lipinski definition) is 4. The van der Waals surface area contributed by atoms with Gasteiger partial charge in [-0.15, -0.1) is 24.0 Å². The third kappa shape index (κ3) is 6.34. The lowest BCUT2D eigenvalue weighted by molar-refractivity contribution is 0.414. The van der Waals surface area contributed by atoms with Gasteiger partial charge in [0.25, 0.3) is 0 Å². The number of fused-ring (bicyclic) bond motifs is 1. The van der Waals surface area contributed by atoms with Gasteiger partial charge in [-0.05, 0) is 56.9 Å². The van der Waals surface area contributed by atoms with Crippen molar-refractivity contribution in [3.63, 3.8) is 0 Å². The molecule has 0 radical (unpaired) electrons. The first-order valence-corrected chi connectivity index (χ1v) is 12.0. The maximum absolute atomic E-state index is 5.54. The number of imidazole rings is 1. The molecule has 0 aliphatic carbocycles. The quantitative estimate of drug-likeness (QED) is 0.171. The van der Waals surface area contributed by atoms with Crippen molar-refractivity contribution in [2.24, 2.45) is 10.9 Å². The van der Waals surface area contributed by atoms with Gasteiger partial charge in [-0.1, -0.05) is 24.3 Å². The van der Waals surface area contributed by atoms with Crippen molar-refractivity contribution in [2.75, 3.05) is 44.7 Å². The number of guanidine groups is 1. The second kappa shape index (κ2) is 12.8. The molecule has 3 aromatic rings. The molecular formula is C26H37IN6O. The zero-order chi connectivity index (χ0) is 23.0. The number of rotatable bonds is 9. The number of halogens is 1. The van der Waals surface area contributed by atoms with Gasteiger partial charge in [-0.25, -0.2) is 4.98 Å². The van der Waals surface area contributed by atoms with Crippen LogP contribution < -0.4 is 20.3 Å². The van der Waals surface area contributed by atoms with Crippen LogP contribution in [0.15, 0.2) is 53.5 Å². The van der Waals surface area contributed by atoms with Gasteiger partial charge in [-0.3, -0.25) is 4.99 Å². The fourth-order valence-corrected chi connectivity index (χ4v) is 4.58. The number of aliphatic imine (C=N–C) groups is 1. The van der Waals surface area contributed by atoms with Crippen molar-refractivity contribution >= 4 is 46.7 Å². The summed E-state index contributed by atoms with van der Waals surface area (Å²) in [6.45, 7) is 9.73. The Kier molecular flexibility index (Phi) is 9.86. The van der Waals surface area contributed by atoms with Crippen molar-refractivity contribution in [3.8, 4) is 5.75 Å². The molecule has 0 amide bonds. The summed E-state index contributed by atoms with van der Waals surface area (Å²) >= 11 is 0. The summed E-state index contributed by atoms with van der Waals surface area (Å²) in [7, 11) is 1.74. The number of aryl methyl sites for hydroxylation is 2. The van der Waals surface area contributed by atoms with Gasteiger partial charge in [-0.2, -0.15) is 0 Å². The predicted molar refractivity (Wildman–Crippen MR) is 152 cm³/mol. The van der Waals surface area contributed by atoms with Crippen LogP contribution >= 0.6 is 24.0 Å². The first kappa shape index (κ1) is 26.1. The van der Waals surface area contributed by atoms with Crippen molar-refractivity contribution in [1.82, 2.24) is 20.2 Å². The van der Waals surface area contributed by atoms with Crippen LogP contribution in [-0.4, -0.2) is 55.3 Å². The number of nitrogens with zero attached hydrogens (tertiary/aromatic N) is 4. The van der Waals surface area contributed by atoms with E-state index in [1.165, 1.54) is 11.2 Å². The lowest BCUT2D eigenvalue weighted by Gasteiger charge is -2.21. The molecule has 1 atom stereocenters. The van der Waals surface area contributed by atoms with Gasteiger partial charge < -0.3 is 24.8 Å². The molecule has 184 valence electrons. The lowest BCUT2D eigenvalue weighted by Crippen LogP contribution is -2.38. The highest BCUT2D eigenvalue weighted by Crippen LogP contribution is 2.32. The zero-order valence-electron chi connectivity index (χ0n) is 20.5. The minimum Gasteiger partial charge on any atom is -0.495 e. The lowest BCUT2D eigenvalue weighted by atomic mass is 10.1. The summed E-state index contributed by atoms with van der Waals surface area (Å²) in [4.78, 5) is 12.0. The van der Waals surface area contributed by atoms with Crippen LogP contribution in [-0.2, 0) is 6.54 Å². The van der Waals surface area contributed by atoms with Crippen molar-refractivity contribution in [2.45, 2.75) is 33.2 Å². The minimum atomic E-state index is 0. The Morgan fingerprint density at radius 3 is 2.76 bits per heavy atom. The highest BCUT2D eigenvalue weighted by Gasteiger charge is 2.24. The summed E-state index contributed by atoms with van der Waals surface area (Å²) in [6, 6.07) is 16.6. The molecule has 1 unspecified atom stereocenters. The summed E-state index contributed by atoms with van der Waals surface area (Å²) in [5.74, 6) is 3.46. The number of hydrogen-bond donors (Lipinski definition) is 2. The van der Waals surface area contributed by atoms with Crippen LogP contribution in [0.25, 0.3) is 11.0 Å². The fourth-order valence-electron chi connectivity index (χ4n) is 4.58. The van der Waals surface area contributed by atoms with Crippen LogP contribution in [0.2, 0.25) is 0 Å². The van der Waals surface area contributed by atoms with Crippen molar-refractivity contribution in [1.29, 1.82) is 0 Å². The molecule has 2 heterocycles. The molecule has 1 fully saturated rings. The molecule has 4 rings (SSSR count). The molecular weight excluding hydrogens is 539 g/mol. The normalized spacial score (nSPS) is 15.9. The third-order valence-electron chi connectivity index (χ3n) is 6.26. The van der Waals surface area contributed by atoms with Crippen LogP contribution in [0.1, 0.15) is 25.6 Å². The Balaban J connectivity index is 0.00000324. The zero-order valence-corrected chi connectivity index (χ0v) is 22.8. The van der Waals surface area contributed by atoms with E-state index in [0.717, 1.165) is 75.2 Å². The van der Waals surface area contributed by atoms with Crippen molar-refractivity contribution < 1.29 is 4.74 Å². The Morgan fingerprint density at radius 2 is 1.94 bits per heavy atom. The maximum Gasteiger partial charge on any atom is 0.191 e. The summed E-state index contributed by atoms with van der Waals surface area (Å²) in [5, 5.41) is 6.90. The Labute approximate surface area is 220 Å². The van der Waals surface area contributed by atoms with Crippen LogP contribution in [0, 0.1) is 12.8 Å². The molecule has 1 aromatic heterocycles. The predicted octanol–water partition coefficient (Wildman–Crippen LogP) is 4.44. The molecule has 2 aromatic carbocycles. The van der Waals surface area contributed by atoms with E-state index in [2.05, 4.69) is 69.3 Å². The average molecular weight is 577 g/mol. The number of methoxy groups -OCH3 is 1. The van der Waals surface area contributed by atoms with E-state index in [0.29, 0.717) is 5.92 Å². The number of aromatic nitrogens is 2. The summed E-state index contributed by atoms with van der Waals surface area (Å²) < 4.78 is 7.84. The van der Waals surface area contributed by atoms with E-state index in [1.54, 1.807) is 7.11 Å². The maximum atomic E-state index is 5.54. The van der Waals surface area contributed by atoms with Gasteiger partial charge in [0.1, 0.15) is 11.6 Å². The molecule has 0 spiro atoms. The van der Waals surface area contributed by atoms with E-state index < -0.39 is 0 Å². The Morgan fingerprint density at radius 1 is 1.15 bits per heavy atom. The van der Waals surface area contributed by atoms with Gasteiger partial charge in [0.2, 0.25) is 0 Å². The molecule has 1 aliphatic rings. The van der Waals surface area contributed by atoms with E-state index in [9.17, 15) is 0 Å². The number of ether oxygens (including phenoxy) is 1.